The summed E-state index contributed by atoms with van der Waals surface area (Å²) in [5, 5.41) is 18.4. The standard InChI is InChI=1S/C21H19ClN4O/c1-11-14-3-2-4-18(20(14)24-21(22)16(11)10-23)27-13-7-8-17-15(9-13)19(26-25-17)12-5-6-12/h7-9,12,18H,2-6H2,1H3,(H,25,26). The van der Waals surface area contributed by atoms with Gasteiger partial charge in [0.25, 0.3) is 0 Å². The molecule has 1 saturated carbocycles. The van der Waals surface area contributed by atoms with Crippen LogP contribution in [0.2, 0.25) is 5.15 Å². The average Bonchev–Trinajstić information content (AvgIpc) is 3.42. The topological polar surface area (TPSA) is 74.6 Å². The van der Waals surface area contributed by atoms with Crippen LogP contribution in [-0.4, -0.2) is 15.2 Å². The maximum Gasteiger partial charge on any atom is 0.147 e. The van der Waals surface area contributed by atoms with Gasteiger partial charge in [-0.25, -0.2) is 4.98 Å². The van der Waals surface area contributed by atoms with E-state index in [-0.39, 0.29) is 11.3 Å². The summed E-state index contributed by atoms with van der Waals surface area (Å²) in [5.41, 5.74) is 5.58. The third-order valence-corrected chi connectivity index (χ3v) is 5.95. The number of pyridine rings is 1. The molecule has 0 amide bonds. The van der Waals surface area contributed by atoms with Crippen LogP contribution < -0.4 is 4.74 Å². The molecule has 27 heavy (non-hydrogen) atoms. The predicted octanol–water partition coefficient (Wildman–Crippen LogP) is 5.13. The summed E-state index contributed by atoms with van der Waals surface area (Å²) in [6, 6.07) is 8.26. The van der Waals surface area contributed by atoms with Crippen LogP contribution in [-0.2, 0) is 6.42 Å². The minimum absolute atomic E-state index is 0.147. The van der Waals surface area contributed by atoms with Gasteiger partial charge in [0.1, 0.15) is 23.1 Å². The number of aromatic nitrogens is 3. The zero-order chi connectivity index (χ0) is 18.5. The molecule has 1 N–H and O–H groups in total. The number of hydrogen-bond donors (Lipinski definition) is 1. The zero-order valence-electron chi connectivity index (χ0n) is 15.1. The van der Waals surface area contributed by atoms with E-state index in [0.717, 1.165) is 58.4 Å². The van der Waals surface area contributed by atoms with Gasteiger partial charge in [-0.2, -0.15) is 10.4 Å². The van der Waals surface area contributed by atoms with Gasteiger partial charge in [-0.1, -0.05) is 11.6 Å². The highest BCUT2D eigenvalue weighted by Gasteiger charge is 2.29. The monoisotopic (exact) mass is 378 g/mol. The molecule has 1 unspecified atom stereocenters. The lowest BCUT2D eigenvalue weighted by Crippen LogP contribution is -2.19. The van der Waals surface area contributed by atoms with Gasteiger partial charge in [-0.15, -0.1) is 0 Å². The molecule has 6 heteroatoms. The summed E-state index contributed by atoms with van der Waals surface area (Å²) < 4.78 is 6.35. The van der Waals surface area contributed by atoms with Crippen molar-refractivity contribution in [2.75, 3.05) is 0 Å². The molecular formula is C21H19ClN4O. The van der Waals surface area contributed by atoms with Crippen molar-refractivity contribution >= 4 is 22.5 Å². The number of fused-ring (bicyclic) bond motifs is 2. The Morgan fingerprint density at radius 2 is 2.11 bits per heavy atom. The van der Waals surface area contributed by atoms with Gasteiger partial charge < -0.3 is 4.74 Å². The quantitative estimate of drug-likeness (QED) is 0.641. The molecule has 0 radical (unpaired) electrons. The van der Waals surface area contributed by atoms with E-state index in [0.29, 0.717) is 11.5 Å². The first-order chi connectivity index (χ1) is 13.2. The average molecular weight is 379 g/mol. The second kappa shape index (κ2) is 6.24. The van der Waals surface area contributed by atoms with E-state index < -0.39 is 0 Å². The molecule has 5 rings (SSSR count). The van der Waals surface area contributed by atoms with E-state index >= 15 is 0 Å². The summed E-state index contributed by atoms with van der Waals surface area (Å²) in [6.45, 7) is 1.95. The fourth-order valence-corrected chi connectivity index (χ4v) is 4.35. The van der Waals surface area contributed by atoms with Crippen molar-refractivity contribution < 1.29 is 4.74 Å². The van der Waals surface area contributed by atoms with Crippen molar-refractivity contribution in [1.29, 1.82) is 5.26 Å². The van der Waals surface area contributed by atoms with Gasteiger partial charge in [0.05, 0.1) is 22.5 Å². The van der Waals surface area contributed by atoms with E-state index in [4.69, 9.17) is 16.3 Å². The van der Waals surface area contributed by atoms with Crippen LogP contribution in [0.15, 0.2) is 18.2 Å². The fraction of sp³-hybridized carbons (Fsp3) is 0.381. The van der Waals surface area contributed by atoms with E-state index in [1.807, 2.05) is 19.1 Å². The lowest BCUT2D eigenvalue weighted by Gasteiger charge is -2.27. The van der Waals surface area contributed by atoms with Gasteiger partial charge in [0.2, 0.25) is 0 Å². The van der Waals surface area contributed by atoms with Crippen LogP contribution in [0.25, 0.3) is 10.9 Å². The van der Waals surface area contributed by atoms with E-state index in [1.54, 1.807) is 0 Å². The van der Waals surface area contributed by atoms with E-state index in [2.05, 4.69) is 27.3 Å². The Balaban J connectivity index is 1.51. The Morgan fingerprint density at radius 1 is 1.26 bits per heavy atom. The van der Waals surface area contributed by atoms with Crippen molar-refractivity contribution in [2.45, 2.75) is 51.0 Å². The van der Waals surface area contributed by atoms with Crippen LogP contribution in [0.1, 0.15) is 65.8 Å². The maximum atomic E-state index is 9.34. The number of H-pyrrole nitrogens is 1. The van der Waals surface area contributed by atoms with Crippen molar-refractivity contribution in [3.63, 3.8) is 0 Å². The second-order valence-corrected chi connectivity index (χ2v) is 7.83. The minimum atomic E-state index is -0.147. The highest BCUT2D eigenvalue weighted by Crippen LogP contribution is 2.43. The predicted molar refractivity (Wildman–Crippen MR) is 103 cm³/mol. The Bertz CT molecular complexity index is 1090. The number of benzene rings is 1. The SMILES string of the molecule is Cc1c(C#N)c(Cl)nc2c1CCCC2Oc1ccc2[nH]nc(C3CC3)c2c1. The number of rotatable bonds is 3. The summed E-state index contributed by atoms with van der Waals surface area (Å²) in [6.07, 6.45) is 5.08. The number of halogens is 1. The van der Waals surface area contributed by atoms with Crippen molar-refractivity contribution in [3.8, 4) is 11.8 Å². The van der Waals surface area contributed by atoms with Crippen LogP contribution in [0.3, 0.4) is 0 Å². The van der Waals surface area contributed by atoms with Crippen LogP contribution in [0, 0.1) is 18.3 Å². The molecule has 2 aliphatic rings. The number of nitrogens with zero attached hydrogens (tertiary/aromatic N) is 3. The maximum absolute atomic E-state index is 9.34. The molecule has 5 nitrogen and oxygen atoms in total. The molecule has 0 aliphatic heterocycles. The first kappa shape index (κ1) is 16.6. The van der Waals surface area contributed by atoms with Gasteiger partial charge >= 0.3 is 0 Å². The highest BCUT2D eigenvalue weighted by atomic mass is 35.5. The number of aromatic amines is 1. The van der Waals surface area contributed by atoms with E-state index in [9.17, 15) is 5.26 Å². The number of nitrogens with one attached hydrogen (secondary N) is 1. The first-order valence-corrected chi connectivity index (χ1v) is 9.77. The second-order valence-electron chi connectivity index (χ2n) is 7.47. The van der Waals surface area contributed by atoms with Crippen molar-refractivity contribution in [3.05, 3.63) is 51.4 Å². The third kappa shape index (κ3) is 2.76. The molecule has 2 aromatic heterocycles. The van der Waals surface area contributed by atoms with Gasteiger partial charge in [-0.3, -0.25) is 5.10 Å². The Labute approximate surface area is 162 Å². The minimum Gasteiger partial charge on any atom is -0.484 e. The summed E-state index contributed by atoms with van der Waals surface area (Å²) in [4.78, 5) is 4.53. The lowest BCUT2D eigenvalue weighted by atomic mass is 9.89. The van der Waals surface area contributed by atoms with Gasteiger partial charge in [-0.05, 0) is 68.4 Å². The molecular weight excluding hydrogens is 360 g/mol. The van der Waals surface area contributed by atoms with Gasteiger partial charge in [0, 0.05) is 11.3 Å². The Hall–Kier alpha value is -2.58. The van der Waals surface area contributed by atoms with Gasteiger partial charge in [0.15, 0.2) is 0 Å². The van der Waals surface area contributed by atoms with E-state index in [1.165, 1.54) is 12.8 Å². The third-order valence-electron chi connectivity index (χ3n) is 5.68. The molecule has 1 atom stereocenters. The number of hydrogen-bond acceptors (Lipinski definition) is 4. The summed E-state index contributed by atoms with van der Waals surface area (Å²) in [5.74, 6) is 1.40. The zero-order valence-corrected chi connectivity index (χ0v) is 15.8. The molecule has 3 aromatic rings. The first-order valence-electron chi connectivity index (χ1n) is 9.39. The molecule has 0 saturated heterocycles. The molecule has 0 bridgehead atoms. The molecule has 136 valence electrons. The van der Waals surface area contributed by atoms with Crippen molar-refractivity contribution in [2.24, 2.45) is 0 Å². The van der Waals surface area contributed by atoms with Crippen molar-refractivity contribution in [1.82, 2.24) is 15.2 Å². The van der Waals surface area contributed by atoms with Crippen LogP contribution in [0.5, 0.6) is 5.75 Å². The highest BCUT2D eigenvalue weighted by molar-refractivity contribution is 6.30. The van der Waals surface area contributed by atoms with Crippen LogP contribution >= 0.6 is 11.6 Å². The smallest absolute Gasteiger partial charge is 0.147 e. The largest absolute Gasteiger partial charge is 0.484 e. The molecule has 0 spiro atoms. The Morgan fingerprint density at radius 3 is 2.89 bits per heavy atom. The Kier molecular flexibility index (Phi) is 3.84. The molecule has 2 aliphatic carbocycles. The lowest BCUT2D eigenvalue weighted by molar-refractivity contribution is 0.178. The number of nitriles is 1. The number of ether oxygens (including phenoxy) is 1. The molecule has 1 fully saturated rings. The molecule has 1 aromatic carbocycles. The summed E-state index contributed by atoms with van der Waals surface area (Å²) >= 11 is 6.26. The fourth-order valence-electron chi connectivity index (χ4n) is 4.07. The summed E-state index contributed by atoms with van der Waals surface area (Å²) in [7, 11) is 0. The molecule has 2 heterocycles. The normalized spacial score (nSPS) is 18.9. The van der Waals surface area contributed by atoms with Crippen LogP contribution in [0.4, 0.5) is 0 Å².